The standard InChI is InChI=1S/C28H28N4O3/c1-18-24(19(2)32(30-18)21-10-4-3-5-11-21)17-29-27(34)25-13-8-16-31(25)28(35)23-15-14-20-9-6-7-12-22(20)26(23)33/h3-7,9-12,14-15,25,33H,8,13,16-17H2,1-2H3,(H,29,34). The zero-order valence-corrected chi connectivity index (χ0v) is 19.9. The maximum absolute atomic E-state index is 13.3. The van der Waals surface area contributed by atoms with Gasteiger partial charge in [0.25, 0.3) is 5.91 Å². The number of nitrogens with one attached hydrogen (secondary N) is 1. The number of para-hydroxylation sites is 1. The Kier molecular flexibility index (Phi) is 5.99. The van der Waals surface area contributed by atoms with Gasteiger partial charge in [-0.3, -0.25) is 9.59 Å². The summed E-state index contributed by atoms with van der Waals surface area (Å²) in [4.78, 5) is 28.1. The first-order chi connectivity index (χ1) is 17.0. The van der Waals surface area contributed by atoms with Crippen molar-refractivity contribution in [1.82, 2.24) is 20.0 Å². The van der Waals surface area contributed by atoms with Crippen molar-refractivity contribution < 1.29 is 14.7 Å². The van der Waals surface area contributed by atoms with Crippen molar-refractivity contribution in [1.29, 1.82) is 0 Å². The lowest BCUT2D eigenvalue weighted by Gasteiger charge is -2.24. The van der Waals surface area contributed by atoms with Gasteiger partial charge in [-0.1, -0.05) is 48.5 Å². The molecule has 1 aliphatic heterocycles. The van der Waals surface area contributed by atoms with E-state index in [-0.39, 0.29) is 23.1 Å². The molecule has 7 nitrogen and oxygen atoms in total. The molecule has 4 aromatic rings. The summed E-state index contributed by atoms with van der Waals surface area (Å²) in [6.07, 6.45) is 1.33. The molecule has 0 bridgehead atoms. The molecule has 178 valence electrons. The topological polar surface area (TPSA) is 87.5 Å². The number of aromatic hydroxyl groups is 1. The molecule has 2 amide bonds. The van der Waals surface area contributed by atoms with Crippen LogP contribution in [0.2, 0.25) is 0 Å². The molecule has 2 heterocycles. The Morgan fingerprint density at radius 1 is 1.03 bits per heavy atom. The molecule has 2 N–H and O–H groups in total. The maximum atomic E-state index is 13.3. The van der Waals surface area contributed by atoms with Crippen molar-refractivity contribution in [3.05, 3.63) is 89.2 Å². The fourth-order valence-corrected chi connectivity index (χ4v) is 4.91. The van der Waals surface area contributed by atoms with Gasteiger partial charge in [-0.15, -0.1) is 0 Å². The highest BCUT2D eigenvalue weighted by Crippen LogP contribution is 2.31. The van der Waals surface area contributed by atoms with Gasteiger partial charge >= 0.3 is 0 Å². The number of aryl methyl sites for hydroxylation is 1. The SMILES string of the molecule is Cc1nn(-c2ccccc2)c(C)c1CNC(=O)C1CCCN1C(=O)c1ccc2ccccc2c1O. The van der Waals surface area contributed by atoms with E-state index in [9.17, 15) is 14.7 Å². The van der Waals surface area contributed by atoms with Crippen LogP contribution in [0.4, 0.5) is 0 Å². The van der Waals surface area contributed by atoms with E-state index in [0.717, 1.165) is 34.4 Å². The highest BCUT2D eigenvalue weighted by atomic mass is 16.3. The van der Waals surface area contributed by atoms with Gasteiger partial charge in [0.2, 0.25) is 5.91 Å². The molecule has 7 heteroatoms. The van der Waals surface area contributed by atoms with Crippen molar-refractivity contribution in [3.8, 4) is 11.4 Å². The number of phenols is 1. The summed E-state index contributed by atoms with van der Waals surface area (Å²) < 4.78 is 1.88. The van der Waals surface area contributed by atoms with Crippen LogP contribution in [0.3, 0.4) is 0 Å². The van der Waals surface area contributed by atoms with Crippen molar-refractivity contribution in [2.24, 2.45) is 0 Å². The lowest BCUT2D eigenvalue weighted by atomic mass is 10.0. The minimum Gasteiger partial charge on any atom is -0.506 e. The number of carbonyl (C=O) groups excluding carboxylic acids is 2. The van der Waals surface area contributed by atoms with Crippen molar-refractivity contribution in [2.45, 2.75) is 39.3 Å². The number of rotatable bonds is 5. The molecule has 0 radical (unpaired) electrons. The number of likely N-dealkylation sites (tertiary alicyclic amines) is 1. The van der Waals surface area contributed by atoms with E-state index in [1.807, 2.05) is 73.1 Å². The van der Waals surface area contributed by atoms with Crippen LogP contribution in [-0.2, 0) is 11.3 Å². The molecule has 1 aliphatic rings. The van der Waals surface area contributed by atoms with Crippen molar-refractivity contribution in [3.63, 3.8) is 0 Å². The number of benzene rings is 3. The number of phenolic OH excluding ortho intramolecular Hbond substituents is 1. The van der Waals surface area contributed by atoms with Crippen molar-refractivity contribution in [2.75, 3.05) is 6.54 Å². The van der Waals surface area contributed by atoms with Gasteiger partial charge in [0.05, 0.1) is 16.9 Å². The molecule has 1 unspecified atom stereocenters. The molecule has 5 rings (SSSR count). The first-order valence-electron chi connectivity index (χ1n) is 11.9. The van der Waals surface area contributed by atoms with E-state index in [4.69, 9.17) is 0 Å². The quantitative estimate of drug-likeness (QED) is 0.458. The average molecular weight is 469 g/mol. The lowest BCUT2D eigenvalue weighted by Crippen LogP contribution is -2.45. The average Bonchev–Trinajstić information content (AvgIpc) is 3.48. The van der Waals surface area contributed by atoms with Crippen LogP contribution < -0.4 is 5.32 Å². The highest BCUT2D eigenvalue weighted by Gasteiger charge is 2.35. The number of nitrogens with zero attached hydrogens (tertiary/aromatic N) is 3. The Hall–Kier alpha value is -4.13. The summed E-state index contributed by atoms with van der Waals surface area (Å²) in [6.45, 7) is 4.74. The van der Waals surface area contributed by atoms with E-state index in [0.29, 0.717) is 24.9 Å². The summed E-state index contributed by atoms with van der Waals surface area (Å²) >= 11 is 0. The van der Waals surface area contributed by atoms with Gasteiger partial charge in [-0.2, -0.15) is 5.10 Å². The normalized spacial score (nSPS) is 15.5. The van der Waals surface area contributed by atoms with Crippen LogP contribution in [-0.4, -0.2) is 44.2 Å². The first-order valence-corrected chi connectivity index (χ1v) is 11.9. The van der Waals surface area contributed by atoms with Crippen molar-refractivity contribution >= 4 is 22.6 Å². The van der Waals surface area contributed by atoms with Crippen LogP contribution in [0.15, 0.2) is 66.7 Å². The van der Waals surface area contributed by atoms with Crippen LogP contribution in [0.1, 0.15) is 40.2 Å². The molecule has 0 spiro atoms. The second-order valence-corrected chi connectivity index (χ2v) is 8.95. The fraction of sp³-hybridized carbons (Fsp3) is 0.250. The largest absolute Gasteiger partial charge is 0.506 e. The molecule has 0 saturated carbocycles. The van der Waals surface area contributed by atoms with E-state index in [1.54, 1.807) is 17.0 Å². The predicted octanol–water partition coefficient (Wildman–Crippen LogP) is 4.27. The van der Waals surface area contributed by atoms with E-state index in [2.05, 4.69) is 10.4 Å². The van der Waals surface area contributed by atoms with Crippen LogP contribution >= 0.6 is 0 Å². The van der Waals surface area contributed by atoms with Crippen LogP contribution in [0.5, 0.6) is 5.75 Å². The molecule has 1 aromatic heterocycles. The number of carbonyl (C=O) groups is 2. The van der Waals surface area contributed by atoms with E-state index in [1.165, 1.54) is 0 Å². The van der Waals surface area contributed by atoms with Crippen LogP contribution in [0, 0.1) is 13.8 Å². The summed E-state index contributed by atoms with van der Waals surface area (Å²) in [5.41, 5.74) is 3.97. The third-order valence-electron chi connectivity index (χ3n) is 6.83. The molecule has 3 aromatic carbocycles. The summed E-state index contributed by atoms with van der Waals surface area (Å²) in [5, 5.41) is 19.9. The Bertz CT molecular complexity index is 1410. The molecule has 35 heavy (non-hydrogen) atoms. The third kappa shape index (κ3) is 4.14. The number of hydrogen-bond donors (Lipinski definition) is 2. The second-order valence-electron chi connectivity index (χ2n) is 8.95. The number of fused-ring (bicyclic) bond motifs is 1. The number of aromatic nitrogens is 2. The molecular weight excluding hydrogens is 440 g/mol. The Morgan fingerprint density at radius 2 is 1.77 bits per heavy atom. The molecule has 1 saturated heterocycles. The Morgan fingerprint density at radius 3 is 2.57 bits per heavy atom. The lowest BCUT2D eigenvalue weighted by molar-refractivity contribution is -0.125. The summed E-state index contributed by atoms with van der Waals surface area (Å²) in [5.74, 6) is -0.559. The molecular formula is C28H28N4O3. The zero-order valence-electron chi connectivity index (χ0n) is 19.9. The van der Waals surface area contributed by atoms with Gasteiger partial charge in [0.1, 0.15) is 11.8 Å². The van der Waals surface area contributed by atoms with Gasteiger partial charge < -0.3 is 15.3 Å². The maximum Gasteiger partial charge on any atom is 0.258 e. The monoisotopic (exact) mass is 468 g/mol. The Labute approximate surface area is 204 Å². The second kappa shape index (κ2) is 9.25. The first kappa shape index (κ1) is 22.7. The third-order valence-corrected chi connectivity index (χ3v) is 6.83. The molecule has 1 fully saturated rings. The minimum absolute atomic E-state index is 0.0428. The molecule has 0 aliphatic carbocycles. The van der Waals surface area contributed by atoms with E-state index >= 15 is 0 Å². The zero-order chi connectivity index (χ0) is 24.5. The smallest absolute Gasteiger partial charge is 0.258 e. The number of amides is 2. The van der Waals surface area contributed by atoms with Gasteiger partial charge in [0, 0.05) is 29.7 Å². The van der Waals surface area contributed by atoms with Gasteiger partial charge in [-0.05, 0) is 50.3 Å². The van der Waals surface area contributed by atoms with Gasteiger partial charge in [-0.25, -0.2) is 4.68 Å². The number of hydrogen-bond acceptors (Lipinski definition) is 4. The summed E-state index contributed by atoms with van der Waals surface area (Å²) in [6, 6.07) is 20.2. The fourth-order valence-electron chi connectivity index (χ4n) is 4.91. The Balaban J connectivity index is 1.32. The predicted molar refractivity (Wildman–Crippen MR) is 135 cm³/mol. The van der Waals surface area contributed by atoms with Crippen LogP contribution in [0.25, 0.3) is 16.5 Å². The van der Waals surface area contributed by atoms with Gasteiger partial charge in [0.15, 0.2) is 0 Å². The minimum atomic E-state index is -0.571. The molecule has 1 atom stereocenters. The van der Waals surface area contributed by atoms with E-state index < -0.39 is 6.04 Å². The summed E-state index contributed by atoms with van der Waals surface area (Å²) in [7, 11) is 0. The highest BCUT2D eigenvalue weighted by molar-refractivity contribution is 6.05.